The Balaban J connectivity index is 2.34. The van der Waals surface area contributed by atoms with Crippen LogP contribution in [0, 0.1) is 5.82 Å². The zero-order chi connectivity index (χ0) is 14.0. The lowest BCUT2D eigenvalue weighted by Gasteiger charge is -2.04. The molecule has 0 spiro atoms. The number of halogens is 1. The zero-order valence-corrected chi connectivity index (χ0v) is 11.3. The molecule has 1 aromatic heterocycles. The maximum Gasteiger partial charge on any atom is 0.218 e. The van der Waals surface area contributed by atoms with Gasteiger partial charge in [0.15, 0.2) is 5.69 Å². The molecule has 0 amide bonds. The third-order valence-corrected chi connectivity index (χ3v) is 2.57. The van der Waals surface area contributed by atoms with Crippen LogP contribution < -0.4 is 5.32 Å². The number of fused-ring (bicyclic) bond motifs is 1. The molecule has 1 heterocycles. The smallest absolute Gasteiger partial charge is 0.218 e. The van der Waals surface area contributed by atoms with E-state index in [1.807, 2.05) is 13.8 Å². The van der Waals surface area contributed by atoms with Crippen LogP contribution in [0.3, 0.4) is 0 Å². The van der Waals surface area contributed by atoms with E-state index in [9.17, 15) is 9.50 Å². The minimum Gasteiger partial charge on any atom is -0.493 e. The van der Waals surface area contributed by atoms with Crippen LogP contribution in [0.4, 0.5) is 10.1 Å². The molecule has 0 aliphatic rings. The van der Waals surface area contributed by atoms with Gasteiger partial charge in [-0.25, -0.2) is 4.39 Å². The lowest BCUT2D eigenvalue weighted by Crippen LogP contribution is -2.26. The molecule has 19 heavy (non-hydrogen) atoms. The summed E-state index contributed by atoms with van der Waals surface area (Å²) in [6.07, 6.45) is 0. The van der Waals surface area contributed by atoms with Crippen LogP contribution in [0.1, 0.15) is 13.8 Å². The predicted molar refractivity (Wildman–Crippen MR) is 75.3 cm³/mol. The molecular formula is C12H13FN4OS. The summed E-state index contributed by atoms with van der Waals surface area (Å²) in [6.45, 7) is 3.83. The number of aromatic nitrogens is 1. The molecule has 1 aromatic carbocycles. The van der Waals surface area contributed by atoms with Crippen molar-refractivity contribution in [2.24, 2.45) is 10.2 Å². The van der Waals surface area contributed by atoms with Gasteiger partial charge in [0.2, 0.25) is 11.0 Å². The summed E-state index contributed by atoms with van der Waals surface area (Å²) in [6, 6.07) is 4.23. The van der Waals surface area contributed by atoms with Crippen LogP contribution in [0.25, 0.3) is 10.9 Å². The number of azo groups is 1. The molecule has 5 nitrogen and oxygen atoms in total. The number of benzene rings is 1. The fraction of sp³-hybridized carbons (Fsp3) is 0.250. The normalized spacial score (nSPS) is 11.6. The monoisotopic (exact) mass is 280 g/mol. The highest BCUT2D eigenvalue weighted by atomic mass is 32.1. The first kappa shape index (κ1) is 13.4. The number of thiocarbonyl (C=S) groups is 1. The Hall–Kier alpha value is -2.02. The average molecular weight is 280 g/mol. The number of aromatic hydroxyl groups is 1. The molecule has 3 N–H and O–H groups in total. The molecule has 2 rings (SSSR count). The first-order chi connectivity index (χ1) is 8.97. The fourth-order valence-corrected chi connectivity index (χ4v) is 1.88. The molecule has 2 aromatic rings. The second-order valence-corrected chi connectivity index (χ2v) is 4.70. The van der Waals surface area contributed by atoms with Gasteiger partial charge >= 0.3 is 0 Å². The van der Waals surface area contributed by atoms with E-state index in [0.29, 0.717) is 10.9 Å². The van der Waals surface area contributed by atoms with E-state index < -0.39 is 5.82 Å². The molecule has 0 radical (unpaired) electrons. The largest absolute Gasteiger partial charge is 0.493 e. The first-order valence-electron chi connectivity index (χ1n) is 5.70. The summed E-state index contributed by atoms with van der Waals surface area (Å²) in [5.41, 5.74) is 0.748. The zero-order valence-electron chi connectivity index (χ0n) is 10.4. The van der Waals surface area contributed by atoms with Crippen molar-refractivity contribution in [3.05, 3.63) is 24.0 Å². The lowest BCUT2D eigenvalue weighted by molar-refractivity contribution is 0.459. The van der Waals surface area contributed by atoms with Gasteiger partial charge in [-0.05, 0) is 44.3 Å². The molecule has 0 saturated heterocycles. The summed E-state index contributed by atoms with van der Waals surface area (Å²) in [5.74, 6) is -0.581. The van der Waals surface area contributed by atoms with Crippen molar-refractivity contribution in [3.8, 4) is 5.88 Å². The van der Waals surface area contributed by atoms with Gasteiger partial charge in [-0.1, -0.05) is 0 Å². The van der Waals surface area contributed by atoms with E-state index in [-0.39, 0.29) is 22.7 Å². The van der Waals surface area contributed by atoms with Crippen LogP contribution in [-0.4, -0.2) is 21.2 Å². The molecule has 0 aliphatic carbocycles. The maximum absolute atomic E-state index is 13.2. The molecule has 0 aliphatic heterocycles. The van der Waals surface area contributed by atoms with Crippen LogP contribution in [-0.2, 0) is 0 Å². The highest BCUT2D eigenvalue weighted by Gasteiger charge is 2.11. The van der Waals surface area contributed by atoms with Gasteiger partial charge in [0.25, 0.3) is 0 Å². The van der Waals surface area contributed by atoms with Crippen LogP contribution in [0.2, 0.25) is 0 Å². The van der Waals surface area contributed by atoms with Crippen LogP contribution >= 0.6 is 12.2 Å². The summed E-state index contributed by atoms with van der Waals surface area (Å²) >= 11 is 4.96. The van der Waals surface area contributed by atoms with Gasteiger partial charge in [0.1, 0.15) is 5.82 Å². The van der Waals surface area contributed by atoms with E-state index in [1.54, 1.807) is 0 Å². The van der Waals surface area contributed by atoms with E-state index in [1.165, 1.54) is 18.2 Å². The number of nitrogens with zero attached hydrogens (tertiary/aromatic N) is 2. The van der Waals surface area contributed by atoms with E-state index in [0.717, 1.165) is 0 Å². The van der Waals surface area contributed by atoms with Crippen molar-refractivity contribution < 1.29 is 9.50 Å². The number of rotatable bonds is 2. The van der Waals surface area contributed by atoms with Gasteiger partial charge in [-0.3, -0.25) is 0 Å². The van der Waals surface area contributed by atoms with Gasteiger partial charge < -0.3 is 15.4 Å². The van der Waals surface area contributed by atoms with Crippen LogP contribution in [0.15, 0.2) is 28.4 Å². The maximum atomic E-state index is 13.2. The van der Waals surface area contributed by atoms with Crippen molar-refractivity contribution in [1.82, 2.24) is 10.3 Å². The summed E-state index contributed by atoms with van der Waals surface area (Å²) in [5, 5.41) is 20.9. The predicted octanol–water partition coefficient (Wildman–Crippen LogP) is 3.38. The highest BCUT2D eigenvalue weighted by Crippen LogP contribution is 2.35. The van der Waals surface area contributed by atoms with Gasteiger partial charge in [-0.15, -0.1) is 10.2 Å². The minimum absolute atomic E-state index is 0.139. The molecule has 7 heteroatoms. The molecule has 0 atom stereocenters. The second-order valence-electron chi connectivity index (χ2n) is 4.32. The molecule has 0 unspecified atom stereocenters. The number of hydrogen-bond donors (Lipinski definition) is 3. The minimum atomic E-state index is -0.411. The first-order valence-corrected chi connectivity index (χ1v) is 6.10. The van der Waals surface area contributed by atoms with Crippen molar-refractivity contribution in [2.45, 2.75) is 19.9 Å². The third-order valence-electron chi connectivity index (χ3n) is 2.37. The number of hydrogen-bond acceptors (Lipinski definition) is 3. The standard InChI is InChI=1S/C12H13FN4OS/c1-6(2)14-12(19)17-16-10-8-5-7(13)3-4-9(8)15-11(10)18/h3-6,15,18H,1-2H3,(H,14,19). The SMILES string of the molecule is CC(C)NC(=S)N=Nc1c(O)[nH]c2ccc(F)cc12. The summed E-state index contributed by atoms with van der Waals surface area (Å²) in [7, 11) is 0. The molecule has 0 saturated carbocycles. The van der Waals surface area contributed by atoms with E-state index in [2.05, 4.69) is 20.5 Å². The molecule has 100 valence electrons. The molecule has 0 bridgehead atoms. The van der Waals surface area contributed by atoms with Crippen LogP contribution in [0.5, 0.6) is 5.88 Å². The summed E-state index contributed by atoms with van der Waals surface area (Å²) in [4.78, 5) is 2.69. The lowest BCUT2D eigenvalue weighted by atomic mass is 10.2. The topological polar surface area (TPSA) is 72.8 Å². The highest BCUT2D eigenvalue weighted by molar-refractivity contribution is 7.80. The van der Waals surface area contributed by atoms with Crippen molar-refractivity contribution in [2.75, 3.05) is 0 Å². The third kappa shape index (κ3) is 3.05. The Kier molecular flexibility index (Phi) is 3.75. The van der Waals surface area contributed by atoms with Crippen molar-refractivity contribution in [1.29, 1.82) is 0 Å². The van der Waals surface area contributed by atoms with Crippen molar-refractivity contribution in [3.63, 3.8) is 0 Å². The van der Waals surface area contributed by atoms with Crippen molar-refractivity contribution >= 4 is 33.9 Å². The molecule has 0 fully saturated rings. The second kappa shape index (κ2) is 5.31. The summed E-state index contributed by atoms with van der Waals surface area (Å²) < 4.78 is 13.2. The Morgan fingerprint density at radius 3 is 2.89 bits per heavy atom. The average Bonchev–Trinajstić information content (AvgIpc) is 2.61. The van der Waals surface area contributed by atoms with Gasteiger partial charge in [0.05, 0.1) is 5.52 Å². The Bertz CT molecular complexity index is 650. The Morgan fingerprint density at radius 1 is 1.47 bits per heavy atom. The van der Waals surface area contributed by atoms with Gasteiger partial charge in [-0.2, -0.15) is 0 Å². The quantitative estimate of drug-likeness (QED) is 0.583. The fourth-order valence-electron chi connectivity index (χ4n) is 1.61. The van der Waals surface area contributed by atoms with E-state index >= 15 is 0 Å². The van der Waals surface area contributed by atoms with E-state index in [4.69, 9.17) is 12.2 Å². The molecular weight excluding hydrogens is 267 g/mol. The number of H-pyrrole nitrogens is 1. The Labute approximate surface area is 114 Å². The van der Waals surface area contributed by atoms with Gasteiger partial charge in [0, 0.05) is 11.4 Å². The number of nitrogens with one attached hydrogen (secondary N) is 2. The number of aromatic amines is 1. The Morgan fingerprint density at radius 2 is 2.21 bits per heavy atom.